The number of ether oxygens (including phenoxy) is 2. The fourth-order valence-electron chi connectivity index (χ4n) is 3.50. The molecule has 0 spiro atoms. The van der Waals surface area contributed by atoms with Crippen LogP contribution in [-0.2, 0) is 4.74 Å². The fourth-order valence-corrected chi connectivity index (χ4v) is 3.79. The van der Waals surface area contributed by atoms with E-state index in [1.807, 2.05) is 47.4 Å². The van der Waals surface area contributed by atoms with Gasteiger partial charge in [-0.3, -0.25) is 9.69 Å². The third-order valence-electron chi connectivity index (χ3n) is 5.17. The SMILES string of the molecule is COCCOc1ccccc1C(=O)N1CCN(C(C)c2ccccc2Cl)CC1. The van der Waals surface area contributed by atoms with Crippen LogP contribution >= 0.6 is 11.6 Å². The molecule has 1 heterocycles. The van der Waals surface area contributed by atoms with E-state index in [0.717, 1.165) is 23.7 Å². The van der Waals surface area contributed by atoms with Crippen molar-refractivity contribution in [3.05, 3.63) is 64.7 Å². The number of amides is 1. The van der Waals surface area contributed by atoms with Crippen molar-refractivity contribution in [2.24, 2.45) is 0 Å². The van der Waals surface area contributed by atoms with E-state index in [-0.39, 0.29) is 11.9 Å². The molecule has 3 rings (SSSR count). The quantitative estimate of drug-likeness (QED) is 0.659. The molecule has 1 fully saturated rings. The van der Waals surface area contributed by atoms with Crippen LogP contribution in [0.15, 0.2) is 48.5 Å². The summed E-state index contributed by atoms with van der Waals surface area (Å²) in [6.45, 7) is 6.05. The predicted octanol–water partition coefficient (Wildman–Crippen LogP) is 3.88. The van der Waals surface area contributed by atoms with Crippen LogP contribution in [0, 0.1) is 0 Å². The van der Waals surface area contributed by atoms with Crippen LogP contribution in [0.5, 0.6) is 5.75 Å². The van der Waals surface area contributed by atoms with Crippen molar-refractivity contribution in [2.45, 2.75) is 13.0 Å². The molecule has 1 aliphatic heterocycles. The minimum Gasteiger partial charge on any atom is -0.490 e. The monoisotopic (exact) mass is 402 g/mol. The minimum absolute atomic E-state index is 0.0121. The van der Waals surface area contributed by atoms with E-state index in [9.17, 15) is 4.79 Å². The molecule has 6 heteroatoms. The van der Waals surface area contributed by atoms with Crippen LogP contribution in [0.1, 0.15) is 28.9 Å². The summed E-state index contributed by atoms with van der Waals surface area (Å²) in [7, 11) is 1.63. The lowest BCUT2D eigenvalue weighted by Gasteiger charge is -2.38. The number of hydrogen-bond acceptors (Lipinski definition) is 4. The molecule has 2 aromatic rings. The minimum atomic E-state index is 0.0121. The molecule has 1 amide bonds. The first-order valence-electron chi connectivity index (χ1n) is 9.60. The number of methoxy groups -OCH3 is 1. The second-order valence-electron chi connectivity index (χ2n) is 6.86. The number of carbonyl (C=O) groups is 1. The highest BCUT2D eigenvalue weighted by Gasteiger charge is 2.27. The zero-order valence-electron chi connectivity index (χ0n) is 16.4. The molecular weight excluding hydrogens is 376 g/mol. The lowest BCUT2D eigenvalue weighted by atomic mass is 10.1. The molecule has 0 aromatic heterocycles. The first-order chi connectivity index (χ1) is 13.6. The van der Waals surface area contributed by atoms with Crippen molar-refractivity contribution in [1.29, 1.82) is 0 Å². The number of piperazine rings is 1. The number of rotatable bonds is 7. The summed E-state index contributed by atoms with van der Waals surface area (Å²) >= 11 is 6.35. The lowest BCUT2D eigenvalue weighted by molar-refractivity contribution is 0.0576. The van der Waals surface area contributed by atoms with Crippen LogP contribution in [0.4, 0.5) is 0 Å². The fraction of sp³-hybridized carbons (Fsp3) is 0.409. The molecule has 1 aliphatic rings. The van der Waals surface area contributed by atoms with Crippen molar-refractivity contribution in [1.82, 2.24) is 9.80 Å². The van der Waals surface area contributed by atoms with Gasteiger partial charge in [-0.2, -0.15) is 0 Å². The maximum absolute atomic E-state index is 13.0. The molecule has 0 saturated carbocycles. The molecule has 0 bridgehead atoms. The van der Waals surface area contributed by atoms with Crippen molar-refractivity contribution >= 4 is 17.5 Å². The Morgan fingerprint density at radius 1 is 1.04 bits per heavy atom. The van der Waals surface area contributed by atoms with Crippen molar-refractivity contribution in [3.8, 4) is 5.75 Å². The summed E-state index contributed by atoms with van der Waals surface area (Å²) in [5.41, 5.74) is 1.73. The molecule has 28 heavy (non-hydrogen) atoms. The third kappa shape index (κ3) is 4.85. The summed E-state index contributed by atoms with van der Waals surface area (Å²) in [5.74, 6) is 0.620. The normalized spacial score (nSPS) is 16.0. The molecular formula is C22H27ClN2O3. The Bertz CT molecular complexity index is 791. The second-order valence-corrected chi connectivity index (χ2v) is 7.27. The molecule has 0 aliphatic carbocycles. The van der Waals surface area contributed by atoms with Crippen molar-refractivity contribution in [3.63, 3.8) is 0 Å². The highest BCUT2D eigenvalue weighted by Crippen LogP contribution is 2.28. The summed E-state index contributed by atoms with van der Waals surface area (Å²) in [6, 6.07) is 15.6. The molecule has 0 N–H and O–H groups in total. The Kier molecular flexibility index (Phi) is 7.31. The zero-order chi connectivity index (χ0) is 19.9. The van der Waals surface area contributed by atoms with E-state index < -0.39 is 0 Å². The van der Waals surface area contributed by atoms with Gasteiger partial charge in [-0.15, -0.1) is 0 Å². The van der Waals surface area contributed by atoms with E-state index in [0.29, 0.717) is 37.6 Å². The molecule has 150 valence electrons. The van der Waals surface area contributed by atoms with Crippen LogP contribution in [0.2, 0.25) is 5.02 Å². The zero-order valence-corrected chi connectivity index (χ0v) is 17.2. The van der Waals surface area contributed by atoms with Crippen LogP contribution in [0.3, 0.4) is 0 Å². The van der Waals surface area contributed by atoms with Gasteiger partial charge in [0, 0.05) is 44.4 Å². The maximum Gasteiger partial charge on any atom is 0.257 e. The van der Waals surface area contributed by atoms with E-state index in [1.54, 1.807) is 7.11 Å². The van der Waals surface area contributed by atoms with Crippen molar-refractivity contribution < 1.29 is 14.3 Å². The number of para-hydroxylation sites is 1. The standard InChI is InChI=1S/C22H27ClN2O3/c1-17(18-7-3-5-9-20(18)23)24-11-13-25(14-12-24)22(26)19-8-4-6-10-21(19)28-16-15-27-2/h3-10,17H,11-16H2,1-2H3. The van der Waals surface area contributed by atoms with Gasteiger partial charge in [-0.25, -0.2) is 0 Å². The number of benzene rings is 2. The van der Waals surface area contributed by atoms with Gasteiger partial charge in [0.15, 0.2) is 0 Å². The summed E-state index contributed by atoms with van der Waals surface area (Å²) in [4.78, 5) is 17.3. The molecule has 1 unspecified atom stereocenters. The van der Waals surface area contributed by atoms with E-state index in [4.69, 9.17) is 21.1 Å². The van der Waals surface area contributed by atoms with Crippen LogP contribution in [-0.4, -0.2) is 62.2 Å². The molecule has 1 atom stereocenters. The van der Waals surface area contributed by atoms with Gasteiger partial charge < -0.3 is 14.4 Å². The average Bonchev–Trinajstić information content (AvgIpc) is 2.74. The van der Waals surface area contributed by atoms with Gasteiger partial charge in [-0.1, -0.05) is 41.9 Å². The topological polar surface area (TPSA) is 42.0 Å². The van der Waals surface area contributed by atoms with Gasteiger partial charge in [0.2, 0.25) is 0 Å². The lowest BCUT2D eigenvalue weighted by Crippen LogP contribution is -2.49. The Balaban J connectivity index is 1.62. The average molecular weight is 403 g/mol. The summed E-state index contributed by atoms with van der Waals surface area (Å²) < 4.78 is 10.7. The number of halogens is 1. The largest absolute Gasteiger partial charge is 0.490 e. The van der Waals surface area contributed by atoms with Crippen LogP contribution in [0.25, 0.3) is 0 Å². The highest BCUT2D eigenvalue weighted by molar-refractivity contribution is 6.31. The Morgan fingerprint density at radius 2 is 1.71 bits per heavy atom. The Morgan fingerprint density at radius 3 is 2.43 bits per heavy atom. The number of nitrogens with zero attached hydrogens (tertiary/aromatic N) is 2. The van der Waals surface area contributed by atoms with Gasteiger partial charge in [-0.05, 0) is 30.7 Å². The summed E-state index contributed by atoms with van der Waals surface area (Å²) in [6.07, 6.45) is 0. The number of carbonyl (C=O) groups excluding carboxylic acids is 1. The van der Waals surface area contributed by atoms with E-state index in [1.165, 1.54) is 0 Å². The van der Waals surface area contributed by atoms with Gasteiger partial charge in [0.05, 0.1) is 12.2 Å². The van der Waals surface area contributed by atoms with Gasteiger partial charge in [0.25, 0.3) is 5.91 Å². The molecule has 5 nitrogen and oxygen atoms in total. The smallest absolute Gasteiger partial charge is 0.257 e. The Labute approximate surface area is 171 Å². The van der Waals surface area contributed by atoms with E-state index in [2.05, 4.69) is 17.9 Å². The highest BCUT2D eigenvalue weighted by atomic mass is 35.5. The Hall–Kier alpha value is -2.08. The van der Waals surface area contributed by atoms with Gasteiger partial charge >= 0.3 is 0 Å². The molecule has 0 radical (unpaired) electrons. The maximum atomic E-state index is 13.0. The molecule has 1 saturated heterocycles. The third-order valence-corrected chi connectivity index (χ3v) is 5.51. The first kappa shape index (κ1) is 20.6. The molecule has 2 aromatic carbocycles. The number of hydrogen-bond donors (Lipinski definition) is 0. The summed E-state index contributed by atoms with van der Waals surface area (Å²) in [5, 5.41) is 0.788. The van der Waals surface area contributed by atoms with E-state index >= 15 is 0 Å². The predicted molar refractivity (Wildman–Crippen MR) is 111 cm³/mol. The second kappa shape index (κ2) is 9.92. The first-order valence-corrected chi connectivity index (χ1v) is 9.98. The van der Waals surface area contributed by atoms with Crippen molar-refractivity contribution in [2.75, 3.05) is 46.5 Å². The van der Waals surface area contributed by atoms with Crippen LogP contribution < -0.4 is 4.74 Å². The van der Waals surface area contributed by atoms with Gasteiger partial charge in [0.1, 0.15) is 12.4 Å².